The first kappa shape index (κ1) is 31.8. The summed E-state index contributed by atoms with van der Waals surface area (Å²) in [5.74, 6) is -2.30. The molecule has 1 saturated heterocycles. The molecule has 1 aliphatic heterocycles. The third kappa shape index (κ3) is 8.28. The molecule has 0 saturated carbocycles. The fraction of sp³-hybridized carbons (Fsp3) is 0.621. The van der Waals surface area contributed by atoms with Gasteiger partial charge >= 0.3 is 5.97 Å². The van der Waals surface area contributed by atoms with Crippen molar-refractivity contribution in [2.75, 3.05) is 6.61 Å². The van der Waals surface area contributed by atoms with Crippen LogP contribution in [0.3, 0.4) is 0 Å². The van der Waals surface area contributed by atoms with E-state index in [2.05, 4.69) is 13.0 Å². The number of benzene rings is 1. The summed E-state index contributed by atoms with van der Waals surface area (Å²) in [7, 11) is 0. The zero-order valence-electron chi connectivity index (χ0n) is 23.1. The summed E-state index contributed by atoms with van der Waals surface area (Å²) < 4.78 is 11.4. The van der Waals surface area contributed by atoms with Crippen molar-refractivity contribution >= 4 is 5.97 Å². The van der Waals surface area contributed by atoms with Gasteiger partial charge in [-0.2, -0.15) is 0 Å². The Labute approximate surface area is 225 Å². The monoisotopic (exact) mass is 536 g/mol. The van der Waals surface area contributed by atoms with Gasteiger partial charge in [-0.1, -0.05) is 43.6 Å². The highest BCUT2D eigenvalue weighted by Gasteiger charge is 2.45. The number of hydrogen-bond acceptors (Lipinski definition) is 8. The molecule has 2 rings (SSSR count). The molecule has 1 aliphatic rings. The lowest BCUT2D eigenvalue weighted by Gasteiger charge is -2.40. The number of ether oxygens (including phenoxy) is 2. The molecule has 2 unspecified atom stereocenters. The zero-order chi connectivity index (χ0) is 28.6. The Morgan fingerprint density at radius 2 is 1.84 bits per heavy atom. The standard InChI is InChI=1S/C29H44O9/c1-6-17(4)10-12-19-14-22(37-29-21(15-30)25(32)26(33)28(36)38-29)20(24(31)23(19)27(34)35)13-11-18(5)9-7-8-16(2)3/h8,11,14,17,21,25-26,28-33,36H,6-7,9-10,12-13,15H2,1-5H3,(H,34,35)/b18-11+/t17?,21-,25-,26+,28+,29?/m1/s1. The Morgan fingerprint density at radius 3 is 2.42 bits per heavy atom. The lowest BCUT2D eigenvalue weighted by molar-refractivity contribution is -0.312. The van der Waals surface area contributed by atoms with E-state index in [4.69, 9.17) is 9.47 Å². The van der Waals surface area contributed by atoms with Gasteiger partial charge in [0.1, 0.15) is 23.2 Å². The summed E-state index contributed by atoms with van der Waals surface area (Å²) in [5.41, 5.74) is 2.67. The van der Waals surface area contributed by atoms with Gasteiger partial charge in [-0.15, -0.1) is 0 Å². The number of rotatable bonds is 13. The second kappa shape index (κ2) is 14.6. The maximum atomic E-state index is 12.2. The molecule has 0 spiro atoms. The molecule has 0 aliphatic carbocycles. The smallest absolute Gasteiger partial charge is 0.339 e. The summed E-state index contributed by atoms with van der Waals surface area (Å²) >= 11 is 0. The predicted molar refractivity (Wildman–Crippen MR) is 143 cm³/mol. The van der Waals surface area contributed by atoms with Crippen LogP contribution >= 0.6 is 0 Å². The maximum absolute atomic E-state index is 12.2. The number of aromatic carboxylic acids is 1. The van der Waals surface area contributed by atoms with Gasteiger partial charge < -0.3 is 40.1 Å². The van der Waals surface area contributed by atoms with Gasteiger partial charge in [0.25, 0.3) is 0 Å². The van der Waals surface area contributed by atoms with Gasteiger partial charge in [0, 0.05) is 5.56 Å². The van der Waals surface area contributed by atoms with Crippen LogP contribution in [-0.4, -0.2) is 68.0 Å². The van der Waals surface area contributed by atoms with E-state index in [9.17, 15) is 35.4 Å². The minimum Gasteiger partial charge on any atom is -0.507 e. The molecule has 1 fully saturated rings. The first-order chi connectivity index (χ1) is 17.9. The number of aromatic hydroxyl groups is 1. The predicted octanol–water partition coefficient (Wildman–Crippen LogP) is 3.69. The topological polar surface area (TPSA) is 157 Å². The summed E-state index contributed by atoms with van der Waals surface area (Å²) in [6.07, 6.45) is 1.55. The fourth-order valence-corrected chi connectivity index (χ4v) is 4.38. The highest BCUT2D eigenvalue weighted by molar-refractivity contribution is 5.93. The van der Waals surface area contributed by atoms with Crippen LogP contribution in [0.5, 0.6) is 11.5 Å². The number of aryl methyl sites for hydroxylation is 1. The van der Waals surface area contributed by atoms with E-state index < -0.39 is 49.0 Å². The van der Waals surface area contributed by atoms with E-state index in [0.717, 1.165) is 24.8 Å². The van der Waals surface area contributed by atoms with Crippen molar-refractivity contribution in [2.45, 2.75) is 97.9 Å². The third-order valence-corrected chi connectivity index (χ3v) is 7.17. The minimum atomic E-state index is -1.75. The Bertz CT molecular complexity index is 996. The van der Waals surface area contributed by atoms with Gasteiger partial charge in [0.2, 0.25) is 6.29 Å². The zero-order valence-corrected chi connectivity index (χ0v) is 23.1. The maximum Gasteiger partial charge on any atom is 0.339 e. The van der Waals surface area contributed by atoms with E-state index >= 15 is 0 Å². The molecule has 214 valence electrons. The van der Waals surface area contributed by atoms with Gasteiger partial charge in [0.05, 0.1) is 18.6 Å². The Kier molecular flexibility index (Phi) is 12.3. The molecule has 0 radical (unpaired) electrons. The number of hydrogen-bond donors (Lipinski definition) is 6. The van der Waals surface area contributed by atoms with Crippen molar-refractivity contribution in [3.05, 3.63) is 46.1 Å². The molecule has 6 N–H and O–H groups in total. The molecular weight excluding hydrogens is 492 g/mol. The van der Waals surface area contributed by atoms with Gasteiger partial charge in [0.15, 0.2) is 6.29 Å². The average Bonchev–Trinajstić information content (AvgIpc) is 2.85. The molecular formula is C29H44O9. The van der Waals surface area contributed by atoms with Crippen LogP contribution in [0.15, 0.2) is 29.4 Å². The second-order valence-electron chi connectivity index (χ2n) is 10.5. The summed E-state index contributed by atoms with van der Waals surface area (Å²) in [6, 6.07) is 1.55. The van der Waals surface area contributed by atoms with E-state index in [-0.39, 0.29) is 23.3 Å². The van der Waals surface area contributed by atoms with Crippen LogP contribution in [0.4, 0.5) is 0 Å². The SMILES string of the molecule is CCC(C)CCc1cc(OC2O[C@H](O)[C@@H](O)[C@H](O)[C@H]2CO)c(C/C=C(\C)CCC=C(C)C)c(O)c1C(=O)O. The van der Waals surface area contributed by atoms with Gasteiger partial charge in [-0.25, -0.2) is 4.79 Å². The number of aliphatic hydroxyl groups excluding tert-OH is 4. The lowest BCUT2D eigenvalue weighted by Crippen LogP contribution is -2.57. The molecule has 9 nitrogen and oxygen atoms in total. The number of phenols is 1. The van der Waals surface area contributed by atoms with Crippen molar-refractivity contribution in [1.82, 2.24) is 0 Å². The number of carbonyl (C=O) groups is 1. The number of aliphatic hydroxyl groups is 4. The Balaban J connectivity index is 2.53. The van der Waals surface area contributed by atoms with Gasteiger partial charge in [-0.05, 0) is 70.4 Å². The molecule has 0 bridgehead atoms. The van der Waals surface area contributed by atoms with E-state index in [1.807, 2.05) is 33.8 Å². The fourth-order valence-electron chi connectivity index (χ4n) is 4.38. The molecule has 1 heterocycles. The first-order valence-corrected chi connectivity index (χ1v) is 13.3. The summed E-state index contributed by atoms with van der Waals surface area (Å²) in [4.78, 5) is 12.2. The second-order valence-corrected chi connectivity index (χ2v) is 10.5. The molecule has 6 atom stereocenters. The van der Waals surface area contributed by atoms with Crippen molar-refractivity contribution in [1.29, 1.82) is 0 Å². The minimum absolute atomic E-state index is 0.124. The molecule has 38 heavy (non-hydrogen) atoms. The largest absolute Gasteiger partial charge is 0.507 e. The average molecular weight is 537 g/mol. The van der Waals surface area contributed by atoms with Gasteiger partial charge in [-0.3, -0.25) is 0 Å². The Hall–Kier alpha value is -2.43. The van der Waals surface area contributed by atoms with Crippen LogP contribution in [0.25, 0.3) is 0 Å². The quantitative estimate of drug-likeness (QED) is 0.207. The van der Waals surface area contributed by atoms with E-state index in [0.29, 0.717) is 24.3 Å². The molecule has 1 aromatic carbocycles. The number of carboxylic acid groups (broad SMARTS) is 1. The van der Waals surface area contributed by atoms with Crippen molar-refractivity contribution in [3.8, 4) is 11.5 Å². The van der Waals surface area contributed by atoms with Crippen LogP contribution in [-0.2, 0) is 17.6 Å². The lowest BCUT2D eigenvalue weighted by atomic mass is 9.92. The van der Waals surface area contributed by atoms with Crippen LogP contribution in [0.2, 0.25) is 0 Å². The van der Waals surface area contributed by atoms with E-state index in [1.54, 1.807) is 6.07 Å². The molecule has 1 aromatic rings. The number of carboxylic acids is 1. The van der Waals surface area contributed by atoms with Crippen molar-refractivity contribution < 1.29 is 44.9 Å². The summed E-state index contributed by atoms with van der Waals surface area (Å²) in [5, 5.41) is 61.3. The molecule has 9 heteroatoms. The highest BCUT2D eigenvalue weighted by Crippen LogP contribution is 2.39. The normalized spacial score (nSPS) is 24.7. The first-order valence-electron chi connectivity index (χ1n) is 13.3. The summed E-state index contributed by atoms with van der Waals surface area (Å²) in [6.45, 7) is 9.51. The van der Waals surface area contributed by atoms with Crippen molar-refractivity contribution in [3.63, 3.8) is 0 Å². The molecule has 0 amide bonds. The van der Waals surface area contributed by atoms with Crippen molar-refractivity contribution in [2.24, 2.45) is 11.8 Å². The highest BCUT2D eigenvalue weighted by atomic mass is 16.7. The van der Waals surface area contributed by atoms with Crippen LogP contribution in [0, 0.1) is 11.8 Å². The number of allylic oxidation sites excluding steroid dienone is 4. The molecule has 0 aromatic heterocycles. The van der Waals surface area contributed by atoms with E-state index in [1.165, 1.54) is 5.57 Å². The van der Waals surface area contributed by atoms with Crippen LogP contribution < -0.4 is 4.74 Å². The third-order valence-electron chi connectivity index (χ3n) is 7.17. The Morgan fingerprint density at radius 1 is 1.16 bits per heavy atom. The van der Waals surface area contributed by atoms with Crippen LogP contribution in [0.1, 0.15) is 81.8 Å².